The fourth-order valence-electron chi connectivity index (χ4n) is 3.26. The molecule has 0 aromatic heterocycles. The summed E-state index contributed by atoms with van der Waals surface area (Å²) in [5.41, 5.74) is 2.25. The molecule has 2 aromatic rings. The molecular weight excluding hydrogens is 381 g/mol. The largest absolute Gasteiger partial charge is 0.339 e. The van der Waals surface area contributed by atoms with Crippen molar-refractivity contribution in [3.05, 3.63) is 69.7 Å². The first-order valence-electron chi connectivity index (χ1n) is 9.25. The Bertz CT molecular complexity index is 761. The zero-order valence-corrected chi connectivity index (χ0v) is 17.0. The van der Waals surface area contributed by atoms with Gasteiger partial charge in [0.15, 0.2) is 0 Å². The number of carbonyl (C=O) groups is 1. The van der Waals surface area contributed by atoms with Gasteiger partial charge in [0.2, 0.25) is 5.91 Å². The van der Waals surface area contributed by atoms with Crippen LogP contribution in [-0.2, 0) is 17.9 Å². The van der Waals surface area contributed by atoms with Gasteiger partial charge in [0.25, 0.3) is 0 Å². The van der Waals surface area contributed by atoms with E-state index in [9.17, 15) is 4.79 Å². The number of carbonyl (C=O) groups excluding carboxylic acids is 1. The average Bonchev–Trinajstić information content (AvgIpc) is 2.68. The van der Waals surface area contributed by atoms with Crippen molar-refractivity contribution >= 4 is 29.1 Å². The Morgan fingerprint density at radius 2 is 1.78 bits per heavy atom. The van der Waals surface area contributed by atoms with Crippen LogP contribution in [0.25, 0.3) is 0 Å². The molecule has 0 aliphatic carbocycles. The molecule has 2 aromatic carbocycles. The highest BCUT2D eigenvalue weighted by Crippen LogP contribution is 2.21. The monoisotopic (exact) mass is 405 g/mol. The van der Waals surface area contributed by atoms with E-state index < -0.39 is 0 Å². The standard InChI is InChI=1S/C21H25Cl2N3O/c1-16(24-14-18-7-8-19(22)13-20(18)23)21(27)26-11-9-25(10-12-26)15-17-5-3-2-4-6-17/h2-8,13,16,24H,9-12,14-15H2,1H3/t16-/m0/s1. The maximum atomic E-state index is 12.7. The summed E-state index contributed by atoms with van der Waals surface area (Å²) in [5, 5.41) is 4.50. The van der Waals surface area contributed by atoms with Crippen molar-refractivity contribution in [2.24, 2.45) is 0 Å². The average molecular weight is 406 g/mol. The fourth-order valence-corrected chi connectivity index (χ4v) is 3.73. The van der Waals surface area contributed by atoms with Crippen LogP contribution >= 0.6 is 23.2 Å². The number of nitrogens with one attached hydrogen (secondary N) is 1. The van der Waals surface area contributed by atoms with Crippen molar-refractivity contribution in [2.75, 3.05) is 26.2 Å². The van der Waals surface area contributed by atoms with E-state index in [0.29, 0.717) is 16.6 Å². The summed E-state index contributed by atoms with van der Waals surface area (Å²) in [7, 11) is 0. The van der Waals surface area contributed by atoms with Crippen LogP contribution in [-0.4, -0.2) is 47.9 Å². The normalized spacial score (nSPS) is 16.3. The molecule has 4 nitrogen and oxygen atoms in total. The van der Waals surface area contributed by atoms with Crippen LogP contribution in [0.4, 0.5) is 0 Å². The SMILES string of the molecule is C[C@H](NCc1ccc(Cl)cc1Cl)C(=O)N1CCN(Cc2ccccc2)CC1. The molecule has 1 aliphatic rings. The Hall–Kier alpha value is -1.59. The number of halogens is 2. The van der Waals surface area contributed by atoms with Crippen molar-refractivity contribution < 1.29 is 4.79 Å². The van der Waals surface area contributed by atoms with Gasteiger partial charge in [-0.25, -0.2) is 0 Å². The first kappa shape index (κ1) is 20.2. The molecule has 6 heteroatoms. The van der Waals surface area contributed by atoms with Gasteiger partial charge in [-0.2, -0.15) is 0 Å². The first-order chi connectivity index (χ1) is 13.0. The third-order valence-corrected chi connectivity index (χ3v) is 5.50. The molecule has 1 saturated heterocycles. The van der Waals surface area contributed by atoms with Crippen LogP contribution in [0.3, 0.4) is 0 Å². The molecular formula is C21H25Cl2N3O. The Morgan fingerprint density at radius 3 is 2.44 bits per heavy atom. The quantitative estimate of drug-likeness (QED) is 0.793. The number of rotatable bonds is 6. The fraction of sp³-hybridized carbons (Fsp3) is 0.381. The molecule has 1 atom stereocenters. The van der Waals surface area contributed by atoms with E-state index in [1.54, 1.807) is 6.07 Å². The van der Waals surface area contributed by atoms with Crippen LogP contribution < -0.4 is 5.32 Å². The summed E-state index contributed by atoms with van der Waals surface area (Å²) in [6, 6.07) is 15.6. The second kappa shape index (κ2) is 9.56. The van der Waals surface area contributed by atoms with Crippen LogP contribution in [0, 0.1) is 0 Å². The van der Waals surface area contributed by atoms with E-state index in [1.165, 1.54) is 5.56 Å². The number of amides is 1. The van der Waals surface area contributed by atoms with Crippen LogP contribution in [0.15, 0.2) is 48.5 Å². The van der Waals surface area contributed by atoms with Crippen molar-refractivity contribution in [3.8, 4) is 0 Å². The number of benzene rings is 2. The molecule has 1 heterocycles. The number of piperazine rings is 1. The zero-order valence-electron chi connectivity index (χ0n) is 15.5. The molecule has 0 bridgehead atoms. The number of hydrogen-bond acceptors (Lipinski definition) is 3. The smallest absolute Gasteiger partial charge is 0.239 e. The summed E-state index contributed by atoms with van der Waals surface area (Å²) in [6.07, 6.45) is 0. The Morgan fingerprint density at radius 1 is 1.07 bits per heavy atom. The van der Waals surface area contributed by atoms with Gasteiger partial charge in [-0.1, -0.05) is 59.6 Å². The van der Waals surface area contributed by atoms with Crippen molar-refractivity contribution in [1.29, 1.82) is 0 Å². The van der Waals surface area contributed by atoms with Gasteiger partial charge >= 0.3 is 0 Å². The molecule has 0 radical (unpaired) electrons. The topological polar surface area (TPSA) is 35.6 Å². The second-order valence-electron chi connectivity index (χ2n) is 6.93. The lowest BCUT2D eigenvalue weighted by molar-refractivity contribution is -0.134. The van der Waals surface area contributed by atoms with Gasteiger partial charge in [0, 0.05) is 49.3 Å². The highest BCUT2D eigenvalue weighted by Gasteiger charge is 2.24. The lowest BCUT2D eigenvalue weighted by atomic mass is 10.1. The van der Waals surface area contributed by atoms with Crippen LogP contribution in [0.1, 0.15) is 18.1 Å². The molecule has 0 unspecified atom stereocenters. The summed E-state index contributed by atoms with van der Waals surface area (Å²) in [5.74, 6) is 0.138. The maximum absolute atomic E-state index is 12.7. The minimum Gasteiger partial charge on any atom is -0.339 e. The van der Waals surface area contributed by atoms with Gasteiger partial charge in [0.05, 0.1) is 6.04 Å². The van der Waals surface area contributed by atoms with Gasteiger partial charge in [-0.05, 0) is 30.2 Å². The Kier molecular flexibility index (Phi) is 7.13. The third-order valence-electron chi connectivity index (χ3n) is 4.92. The minimum atomic E-state index is -0.252. The lowest BCUT2D eigenvalue weighted by Crippen LogP contribution is -2.53. The minimum absolute atomic E-state index is 0.138. The summed E-state index contributed by atoms with van der Waals surface area (Å²) >= 11 is 12.1. The molecule has 1 aliphatic heterocycles. The second-order valence-corrected chi connectivity index (χ2v) is 7.77. The van der Waals surface area contributed by atoms with E-state index in [1.807, 2.05) is 30.0 Å². The van der Waals surface area contributed by atoms with E-state index in [4.69, 9.17) is 23.2 Å². The van der Waals surface area contributed by atoms with Crippen molar-refractivity contribution in [1.82, 2.24) is 15.1 Å². The number of hydrogen-bond donors (Lipinski definition) is 1. The molecule has 0 saturated carbocycles. The summed E-state index contributed by atoms with van der Waals surface area (Å²) in [4.78, 5) is 17.1. The van der Waals surface area contributed by atoms with Gasteiger partial charge in [0.1, 0.15) is 0 Å². The first-order valence-corrected chi connectivity index (χ1v) is 10.0. The molecule has 1 amide bonds. The third kappa shape index (κ3) is 5.69. The van der Waals surface area contributed by atoms with E-state index in [-0.39, 0.29) is 11.9 Å². The lowest BCUT2D eigenvalue weighted by Gasteiger charge is -2.36. The zero-order chi connectivity index (χ0) is 19.2. The summed E-state index contributed by atoms with van der Waals surface area (Å²) in [6.45, 7) is 6.70. The molecule has 144 valence electrons. The van der Waals surface area contributed by atoms with E-state index in [2.05, 4.69) is 34.5 Å². The molecule has 0 spiro atoms. The van der Waals surface area contributed by atoms with Crippen molar-refractivity contribution in [3.63, 3.8) is 0 Å². The van der Waals surface area contributed by atoms with Crippen LogP contribution in [0.2, 0.25) is 10.0 Å². The predicted octanol–water partition coefficient (Wildman–Crippen LogP) is 3.82. The van der Waals surface area contributed by atoms with Crippen LogP contribution in [0.5, 0.6) is 0 Å². The van der Waals surface area contributed by atoms with E-state index in [0.717, 1.165) is 38.3 Å². The predicted molar refractivity (Wildman–Crippen MR) is 111 cm³/mol. The maximum Gasteiger partial charge on any atom is 0.239 e. The molecule has 3 rings (SSSR count). The van der Waals surface area contributed by atoms with Crippen molar-refractivity contribution in [2.45, 2.75) is 26.1 Å². The van der Waals surface area contributed by atoms with Gasteiger partial charge in [-0.3, -0.25) is 9.69 Å². The van der Waals surface area contributed by atoms with Gasteiger partial charge in [-0.15, -0.1) is 0 Å². The Balaban J connectivity index is 1.45. The van der Waals surface area contributed by atoms with E-state index >= 15 is 0 Å². The van der Waals surface area contributed by atoms with Gasteiger partial charge < -0.3 is 10.2 Å². The highest BCUT2D eigenvalue weighted by atomic mass is 35.5. The molecule has 1 N–H and O–H groups in total. The summed E-state index contributed by atoms with van der Waals surface area (Å²) < 4.78 is 0. The molecule has 1 fully saturated rings. The number of nitrogens with zero attached hydrogens (tertiary/aromatic N) is 2. The molecule has 27 heavy (non-hydrogen) atoms. The highest BCUT2D eigenvalue weighted by molar-refractivity contribution is 6.35. The Labute approximate surface area is 171 Å².